The Labute approximate surface area is 159 Å². The lowest BCUT2D eigenvalue weighted by Crippen LogP contribution is -2.44. The summed E-state index contributed by atoms with van der Waals surface area (Å²) in [6.07, 6.45) is 1.64. The second-order valence-electron chi connectivity index (χ2n) is 7.77. The largest absolute Gasteiger partial charge is 0.477 e. The predicted octanol–water partition coefficient (Wildman–Crippen LogP) is 3.66. The average Bonchev–Trinajstić information content (AvgIpc) is 2.64. The molecule has 27 heavy (non-hydrogen) atoms. The molecule has 1 aliphatic heterocycles. The third-order valence-electron chi connectivity index (χ3n) is 4.33. The average molecular weight is 373 g/mol. The van der Waals surface area contributed by atoms with Gasteiger partial charge in [0.1, 0.15) is 5.60 Å². The van der Waals surface area contributed by atoms with Gasteiger partial charge in [-0.15, -0.1) is 0 Å². The van der Waals surface area contributed by atoms with E-state index >= 15 is 0 Å². The van der Waals surface area contributed by atoms with Crippen molar-refractivity contribution in [1.29, 1.82) is 0 Å². The number of piperidine rings is 1. The van der Waals surface area contributed by atoms with Gasteiger partial charge >= 0.3 is 6.09 Å². The lowest BCUT2D eigenvalue weighted by atomic mass is 9.99. The fraction of sp³-hybridized carbons (Fsp3) is 0.550. The van der Waals surface area contributed by atoms with E-state index in [1.165, 1.54) is 0 Å². The molecular weight excluding hydrogens is 346 g/mol. The molecule has 0 saturated carbocycles. The van der Waals surface area contributed by atoms with E-state index in [-0.39, 0.29) is 12.0 Å². The van der Waals surface area contributed by atoms with Crippen molar-refractivity contribution in [2.75, 3.05) is 26.8 Å². The monoisotopic (exact) mass is 373 g/mol. The first-order valence-corrected chi connectivity index (χ1v) is 9.27. The molecule has 1 atom stereocenters. The van der Waals surface area contributed by atoms with Crippen molar-refractivity contribution < 1.29 is 19.0 Å². The molecule has 2 heterocycles. The number of hydrogen-bond donors (Lipinski definition) is 0. The summed E-state index contributed by atoms with van der Waals surface area (Å²) in [5.41, 5.74) is 1.02. The molecule has 1 saturated heterocycles. The van der Waals surface area contributed by atoms with Crippen molar-refractivity contribution in [3.63, 3.8) is 0 Å². The first-order valence-electron chi connectivity index (χ1n) is 9.27. The van der Waals surface area contributed by atoms with Crippen LogP contribution in [0.5, 0.6) is 11.8 Å². The van der Waals surface area contributed by atoms with Crippen LogP contribution in [0, 0.1) is 5.92 Å². The van der Waals surface area contributed by atoms with Gasteiger partial charge in [0.15, 0.2) is 0 Å². The Balaban J connectivity index is 1.64. The number of methoxy groups -OCH3 is 1. The van der Waals surface area contributed by atoms with Gasteiger partial charge in [0.05, 0.1) is 24.8 Å². The predicted molar refractivity (Wildman–Crippen MR) is 102 cm³/mol. The number of rotatable bonds is 4. The number of fused-ring (bicyclic) bond motifs is 1. The number of carbonyl (C=O) groups is 1. The first kappa shape index (κ1) is 19.2. The van der Waals surface area contributed by atoms with Gasteiger partial charge in [-0.3, -0.25) is 0 Å². The third kappa shape index (κ3) is 4.99. The molecule has 0 spiro atoms. The highest BCUT2D eigenvalue weighted by Gasteiger charge is 2.28. The van der Waals surface area contributed by atoms with E-state index < -0.39 is 5.60 Å². The van der Waals surface area contributed by atoms with Crippen molar-refractivity contribution in [3.8, 4) is 11.8 Å². The highest BCUT2D eigenvalue weighted by atomic mass is 16.6. The number of aromatic nitrogens is 2. The Kier molecular flexibility index (Phi) is 5.68. The highest BCUT2D eigenvalue weighted by Crippen LogP contribution is 2.27. The van der Waals surface area contributed by atoms with Gasteiger partial charge in [-0.05, 0) is 45.7 Å². The number of para-hydroxylation sites is 2. The van der Waals surface area contributed by atoms with Gasteiger partial charge in [-0.1, -0.05) is 12.1 Å². The molecule has 1 aromatic carbocycles. The Morgan fingerprint density at radius 3 is 2.48 bits per heavy atom. The number of amides is 1. The van der Waals surface area contributed by atoms with Crippen LogP contribution in [0.3, 0.4) is 0 Å². The summed E-state index contributed by atoms with van der Waals surface area (Å²) in [7, 11) is 1.55. The summed E-state index contributed by atoms with van der Waals surface area (Å²) in [5.74, 6) is 0.961. The van der Waals surface area contributed by atoms with Gasteiger partial charge in [0.2, 0.25) is 0 Å². The highest BCUT2D eigenvalue weighted by molar-refractivity contribution is 5.75. The molecule has 1 aliphatic rings. The van der Waals surface area contributed by atoms with Crippen molar-refractivity contribution in [2.24, 2.45) is 5.92 Å². The normalized spacial score (nSPS) is 17.6. The number of benzene rings is 1. The quantitative estimate of drug-likeness (QED) is 0.814. The maximum atomic E-state index is 12.3. The van der Waals surface area contributed by atoms with Crippen LogP contribution in [0.2, 0.25) is 0 Å². The van der Waals surface area contributed by atoms with E-state index in [1.54, 1.807) is 12.0 Å². The summed E-state index contributed by atoms with van der Waals surface area (Å²) >= 11 is 0. The zero-order chi connectivity index (χ0) is 19.4. The van der Waals surface area contributed by atoms with Gasteiger partial charge in [0.25, 0.3) is 11.8 Å². The number of nitrogens with zero attached hydrogens (tertiary/aromatic N) is 3. The molecule has 1 unspecified atom stereocenters. The third-order valence-corrected chi connectivity index (χ3v) is 4.33. The maximum Gasteiger partial charge on any atom is 0.410 e. The van der Waals surface area contributed by atoms with Gasteiger partial charge in [-0.25, -0.2) is 14.8 Å². The lowest BCUT2D eigenvalue weighted by molar-refractivity contribution is 0.0137. The van der Waals surface area contributed by atoms with Gasteiger partial charge in [-0.2, -0.15) is 0 Å². The second kappa shape index (κ2) is 7.98. The second-order valence-corrected chi connectivity index (χ2v) is 7.77. The molecular formula is C20H27N3O4. The van der Waals surface area contributed by atoms with E-state index in [1.807, 2.05) is 45.0 Å². The molecule has 7 nitrogen and oxygen atoms in total. The van der Waals surface area contributed by atoms with E-state index in [9.17, 15) is 4.79 Å². The molecule has 3 rings (SSSR count). The maximum absolute atomic E-state index is 12.3. The van der Waals surface area contributed by atoms with Crippen molar-refractivity contribution >= 4 is 17.1 Å². The van der Waals surface area contributed by atoms with Crippen LogP contribution in [-0.2, 0) is 4.74 Å². The standard InChI is InChI=1S/C20H27N3O4/c1-20(2,3)27-19(24)23-11-7-8-14(12-23)13-26-18-17(25-4)21-15-9-5-6-10-16(15)22-18/h5-6,9-10,14H,7-8,11-13H2,1-4H3. The minimum absolute atomic E-state index is 0.212. The minimum atomic E-state index is -0.491. The molecule has 1 fully saturated rings. The minimum Gasteiger partial charge on any atom is -0.477 e. The molecule has 1 aromatic heterocycles. The number of hydrogen-bond acceptors (Lipinski definition) is 6. The smallest absolute Gasteiger partial charge is 0.410 e. The Hall–Kier alpha value is -2.57. The van der Waals surface area contributed by atoms with Crippen LogP contribution in [0.4, 0.5) is 4.79 Å². The lowest BCUT2D eigenvalue weighted by Gasteiger charge is -2.33. The molecule has 1 amide bonds. The van der Waals surface area contributed by atoms with Crippen molar-refractivity contribution in [3.05, 3.63) is 24.3 Å². The van der Waals surface area contributed by atoms with Crippen LogP contribution in [0.1, 0.15) is 33.6 Å². The van der Waals surface area contributed by atoms with Crippen LogP contribution in [-0.4, -0.2) is 53.4 Å². The topological polar surface area (TPSA) is 73.8 Å². The molecule has 0 bridgehead atoms. The molecule has 146 valence electrons. The zero-order valence-corrected chi connectivity index (χ0v) is 16.4. The number of ether oxygens (including phenoxy) is 3. The Bertz CT molecular complexity index is 803. The van der Waals surface area contributed by atoms with Crippen LogP contribution in [0.15, 0.2) is 24.3 Å². The molecule has 7 heteroatoms. The van der Waals surface area contributed by atoms with E-state index in [2.05, 4.69) is 9.97 Å². The summed E-state index contributed by atoms with van der Waals surface area (Å²) in [4.78, 5) is 23.0. The van der Waals surface area contributed by atoms with E-state index in [0.29, 0.717) is 31.5 Å². The number of carbonyl (C=O) groups excluding carboxylic acids is 1. The summed E-state index contributed by atoms with van der Waals surface area (Å²) in [6, 6.07) is 7.59. The summed E-state index contributed by atoms with van der Waals surface area (Å²) < 4.78 is 16.7. The molecule has 2 aromatic rings. The summed E-state index contributed by atoms with van der Waals surface area (Å²) in [6.45, 7) is 7.39. The summed E-state index contributed by atoms with van der Waals surface area (Å²) in [5, 5.41) is 0. The van der Waals surface area contributed by atoms with E-state index in [4.69, 9.17) is 14.2 Å². The number of likely N-dealkylation sites (tertiary alicyclic amines) is 1. The Morgan fingerprint density at radius 1 is 1.19 bits per heavy atom. The molecule has 0 aliphatic carbocycles. The molecule has 0 N–H and O–H groups in total. The molecule has 0 radical (unpaired) electrons. The van der Waals surface area contributed by atoms with E-state index in [0.717, 1.165) is 23.9 Å². The zero-order valence-electron chi connectivity index (χ0n) is 16.4. The van der Waals surface area contributed by atoms with Crippen LogP contribution in [0.25, 0.3) is 11.0 Å². The van der Waals surface area contributed by atoms with Crippen LogP contribution < -0.4 is 9.47 Å². The first-order chi connectivity index (χ1) is 12.9. The van der Waals surface area contributed by atoms with Crippen molar-refractivity contribution in [1.82, 2.24) is 14.9 Å². The van der Waals surface area contributed by atoms with Gasteiger partial charge in [0, 0.05) is 19.0 Å². The Morgan fingerprint density at radius 2 is 1.85 bits per heavy atom. The van der Waals surface area contributed by atoms with Crippen LogP contribution >= 0.6 is 0 Å². The SMILES string of the molecule is COc1nc2ccccc2nc1OCC1CCCN(C(=O)OC(C)(C)C)C1. The fourth-order valence-corrected chi connectivity index (χ4v) is 3.08. The van der Waals surface area contributed by atoms with Gasteiger partial charge < -0.3 is 19.1 Å². The van der Waals surface area contributed by atoms with Crippen molar-refractivity contribution in [2.45, 2.75) is 39.2 Å². The fourth-order valence-electron chi connectivity index (χ4n) is 3.08.